The Labute approximate surface area is 174 Å². The first-order chi connectivity index (χ1) is 14.0. The van der Waals surface area contributed by atoms with E-state index in [1.54, 1.807) is 24.3 Å². The molecule has 0 spiro atoms. The smallest absolute Gasteiger partial charge is 0.335 e. The van der Waals surface area contributed by atoms with Gasteiger partial charge in [-0.05, 0) is 68.3 Å². The van der Waals surface area contributed by atoms with E-state index in [1.807, 2.05) is 41.8 Å². The van der Waals surface area contributed by atoms with E-state index in [0.29, 0.717) is 11.6 Å². The summed E-state index contributed by atoms with van der Waals surface area (Å²) in [5.74, 6) is -0.236. The van der Waals surface area contributed by atoms with Crippen LogP contribution in [0.25, 0.3) is 16.9 Å². The maximum atomic E-state index is 11.4. The van der Waals surface area contributed by atoms with Crippen molar-refractivity contribution in [1.82, 2.24) is 4.57 Å². The first-order valence-electron chi connectivity index (χ1n) is 9.59. The summed E-state index contributed by atoms with van der Waals surface area (Å²) in [5.41, 5.74) is 3.72. The highest BCUT2D eigenvalue weighted by molar-refractivity contribution is 6.31. The van der Waals surface area contributed by atoms with Gasteiger partial charge in [0.15, 0.2) is 0 Å². The highest BCUT2D eigenvalue weighted by Gasteiger charge is 2.19. The van der Waals surface area contributed by atoms with Crippen LogP contribution in [-0.2, 0) is 4.74 Å². The van der Waals surface area contributed by atoms with Crippen LogP contribution in [0.2, 0.25) is 5.02 Å². The monoisotopic (exact) mass is 411 g/mol. The van der Waals surface area contributed by atoms with Crippen molar-refractivity contribution in [2.45, 2.75) is 25.9 Å². The highest BCUT2D eigenvalue weighted by Crippen LogP contribution is 2.36. The Morgan fingerprint density at radius 3 is 2.86 bits per heavy atom. The van der Waals surface area contributed by atoms with Crippen molar-refractivity contribution in [1.29, 1.82) is 0 Å². The molecule has 150 valence electrons. The van der Waals surface area contributed by atoms with Gasteiger partial charge in [-0.3, -0.25) is 0 Å². The van der Waals surface area contributed by atoms with Gasteiger partial charge in [0.2, 0.25) is 0 Å². The second kappa shape index (κ2) is 8.31. The lowest BCUT2D eigenvalue weighted by molar-refractivity contribution is 0.0681. The zero-order valence-corrected chi connectivity index (χ0v) is 16.9. The molecule has 0 bridgehead atoms. The zero-order valence-electron chi connectivity index (χ0n) is 16.1. The van der Waals surface area contributed by atoms with Crippen LogP contribution < -0.4 is 4.74 Å². The van der Waals surface area contributed by atoms with Crippen LogP contribution in [0.5, 0.6) is 5.75 Å². The average molecular weight is 412 g/mol. The summed E-state index contributed by atoms with van der Waals surface area (Å²) in [6.45, 7) is 3.25. The van der Waals surface area contributed by atoms with Crippen LogP contribution in [0, 0.1) is 6.92 Å². The fourth-order valence-corrected chi connectivity index (χ4v) is 3.83. The number of aromatic nitrogens is 1. The maximum absolute atomic E-state index is 11.4. The van der Waals surface area contributed by atoms with E-state index in [2.05, 4.69) is 0 Å². The molecule has 1 N–H and O–H groups in total. The Morgan fingerprint density at radius 1 is 1.24 bits per heavy atom. The summed E-state index contributed by atoms with van der Waals surface area (Å²) in [6, 6.07) is 16.4. The molecule has 2 heterocycles. The quantitative estimate of drug-likeness (QED) is 0.593. The molecule has 1 saturated heterocycles. The number of carboxylic acids is 1. The topological polar surface area (TPSA) is 60.7 Å². The van der Waals surface area contributed by atoms with Crippen molar-refractivity contribution < 1.29 is 19.4 Å². The van der Waals surface area contributed by atoms with Crippen molar-refractivity contribution in [2.75, 3.05) is 13.2 Å². The largest absolute Gasteiger partial charge is 0.490 e. The minimum atomic E-state index is -0.957. The predicted molar refractivity (Wildman–Crippen MR) is 112 cm³/mol. The predicted octanol–water partition coefficient (Wildman–Crippen LogP) is 5.36. The molecule has 2 aromatic carbocycles. The number of ether oxygens (including phenoxy) is 2. The van der Waals surface area contributed by atoms with E-state index in [4.69, 9.17) is 21.1 Å². The van der Waals surface area contributed by atoms with Crippen molar-refractivity contribution in [3.8, 4) is 22.7 Å². The summed E-state index contributed by atoms with van der Waals surface area (Å²) >= 11 is 6.30. The van der Waals surface area contributed by atoms with Crippen LogP contribution >= 0.6 is 11.6 Å². The summed E-state index contributed by atoms with van der Waals surface area (Å²) in [5, 5.41) is 9.96. The first-order valence-corrected chi connectivity index (χ1v) is 9.97. The number of benzene rings is 2. The van der Waals surface area contributed by atoms with Gasteiger partial charge in [-0.2, -0.15) is 0 Å². The number of aromatic carboxylic acids is 1. The van der Waals surface area contributed by atoms with Crippen molar-refractivity contribution in [3.63, 3.8) is 0 Å². The fraction of sp³-hybridized carbons (Fsp3) is 0.261. The molecule has 0 amide bonds. The van der Waals surface area contributed by atoms with Crippen molar-refractivity contribution in [2.24, 2.45) is 0 Å². The molecule has 1 unspecified atom stereocenters. The van der Waals surface area contributed by atoms with Gasteiger partial charge in [-0.15, -0.1) is 0 Å². The molecule has 29 heavy (non-hydrogen) atoms. The Morgan fingerprint density at radius 2 is 2.10 bits per heavy atom. The van der Waals surface area contributed by atoms with Gasteiger partial charge in [0, 0.05) is 28.6 Å². The molecule has 1 fully saturated rings. The molecule has 1 atom stereocenters. The standard InChI is InChI=1S/C23H22ClNO4/c1-15-7-9-21(25(15)18-5-2-4-16(12-18)23(26)27)20-13-17(24)8-10-22(20)29-14-19-6-3-11-28-19/h2,4-5,7-10,12-13,19H,3,6,11,14H2,1H3,(H,26,27). The lowest BCUT2D eigenvalue weighted by atomic mass is 10.1. The van der Waals surface area contributed by atoms with Crippen molar-refractivity contribution >= 4 is 17.6 Å². The second-order valence-corrected chi connectivity index (χ2v) is 7.57. The summed E-state index contributed by atoms with van der Waals surface area (Å²) in [7, 11) is 0. The number of nitrogens with zero attached hydrogens (tertiary/aromatic N) is 1. The number of carbonyl (C=O) groups is 1. The lowest BCUT2D eigenvalue weighted by Crippen LogP contribution is -2.16. The Balaban J connectivity index is 1.75. The van der Waals surface area contributed by atoms with E-state index in [0.717, 1.165) is 47.8 Å². The number of halogens is 1. The Bertz CT molecular complexity index is 1040. The minimum absolute atomic E-state index is 0.110. The molecule has 0 radical (unpaired) electrons. The lowest BCUT2D eigenvalue weighted by Gasteiger charge is -2.18. The zero-order chi connectivity index (χ0) is 20.4. The molecule has 1 aliphatic rings. The maximum Gasteiger partial charge on any atom is 0.335 e. The number of carboxylic acid groups (broad SMARTS) is 1. The van der Waals surface area contributed by atoms with Gasteiger partial charge in [0.05, 0.1) is 17.4 Å². The molecule has 1 aliphatic heterocycles. The van der Waals surface area contributed by atoms with Crippen LogP contribution in [0.15, 0.2) is 54.6 Å². The van der Waals surface area contributed by atoms with Gasteiger partial charge in [0.25, 0.3) is 0 Å². The van der Waals surface area contributed by atoms with Crippen LogP contribution in [0.3, 0.4) is 0 Å². The van der Waals surface area contributed by atoms with Crippen LogP contribution in [0.1, 0.15) is 28.9 Å². The summed E-state index contributed by atoms with van der Waals surface area (Å²) < 4.78 is 13.8. The number of hydrogen-bond donors (Lipinski definition) is 1. The highest BCUT2D eigenvalue weighted by atomic mass is 35.5. The van der Waals surface area contributed by atoms with Gasteiger partial charge in [-0.25, -0.2) is 4.79 Å². The number of rotatable bonds is 6. The fourth-order valence-electron chi connectivity index (χ4n) is 3.66. The molecule has 6 heteroatoms. The van der Waals surface area contributed by atoms with Crippen LogP contribution in [0.4, 0.5) is 0 Å². The van der Waals surface area contributed by atoms with E-state index in [9.17, 15) is 9.90 Å². The molecule has 0 saturated carbocycles. The SMILES string of the molecule is Cc1ccc(-c2cc(Cl)ccc2OCC2CCCO2)n1-c1cccc(C(=O)O)c1. The molecule has 5 nitrogen and oxygen atoms in total. The number of hydrogen-bond acceptors (Lipinski definition) is 3. The molecule has 4 rings (SSSR count). The molecule has 0 aliphatic carbocycles. The Kier molecular flexibility index (Phi) is 5.60. The molecule has 1 aromatic heterocycles. The molecule has 3 aromatic rings. The van der Waals surface area contributed by atoms with E-state index in [1.165, 1.54) is 0 Å². The molecular formula is C23H22ClNO4. The summed E-state index contributed by atoms with van der Waals surface area (Å²) in [4.78, 5) is 11.4. The van der Waals surface area contributed by atoms with Gasteiger partial charge < -0.3 is 19.1 Å². The Hall–Kier alpha value is -2.76. The normalized spacial score (nSPS) is 16.1. The van der Waals surface area contributed by atoms with E-state index >= 15 is 0 Å². The van der Waals surface area contributed by atoms with Gasteiger partial charge in [0.1, 0.15) is 12.4 Å². The molecular weight excluding hydrogens is 390 g/mol. The van der Waals surface area contributed by atoms with Crippen molar-refractivity contribution in [3.05, 3.63) is 70.9 Å². The third-order valence-corrected chi connectivity index (χ3v) is 5.33. The average Bonchev–Trinajstić information content (AvgIpc) is 3.36. The summed E-state index contributed by atoms with van der Waals surface area (Å²) in [6.07, 6.45) is 2.17. The third kappa shape index (κ3) is 4.16. The van der Waals surface area contributed by atoms with Gasteiger partial charge in [-0.1, -0.05) is 17.7 Å². The number of aryl methyl sites for hydroxylation is 1. The van der Waals surface area contributed by atoms with Gasteiger partial charge >= 0.3 is 5.97 Å². The van der Waals surface area contributed by atoms with E-state index < -0.39 is 5.97 Å². The van der Waals surface area contributed by atoms with Crippen LogP contribution in [-0.4, -0.2) is 35.0 Å². The first kappa shape index (κ1) is 19.6. The third-order valence-electron chi connectivity index (χ3n) is 5.09. The minimum Gasteiger partial charge on any atom is -0.490 e. The van der Waals surface area contributed by atoms with E-state index in [-0.39, 0.29) is 11.7 Å². The second-order valence-electron chi connectivity index (χ2n) is 7.14.